The van der Waals surface area contributed by atoms with Crippen LogP contribution in [0.3, 0.4) is 0 Å². The molecule has 0 aliphatic carbocycles. The Bertz CT molecular complexity index is 1350. The van der Waals surface area contributed by atoms with Crippen molar-refractivity contribution in [2.75, 3.05) is 32.8 Å². The maximum atomic E-state index is 12.4. The summed E-state index contributed by atoms with van der Waals surface area (Å²) in [4.78, 5) is 18.9. The Morgan fingerprint density at radius 3 is 2.92 bits per heavy atom. The monoisotopic (exact) mass is 509 g/mol. The lowest BCUT2D eigenvalue weighted by Gasteiger charge is -2.36. The number of ether oxygens (including phenoxy) is 2. The van der Waals surface area contributed by atoms with Crippen molar-refractivity contribution in [1.29, 1.82) is 5.26 Å². The highest BCUT2D eigenvalue weighted by atomic mass is 35.5. The van der Waals surface area contributed by atoms with Crippen LogP contribution in [0.5, 0.6) is 11.5 Å². The largest absolute Gasteiger partial charge is 0.486 e. The number of hydrogen-bond donors (Lipinski definition) is 2. The van der Waals surface area contributed by atoms with Crippen LogP contribution in [0.15, 0.2) is 41.3 Å². The SMILES string of the molecule is N#Cc1cc(CN[C@H]2CCN(CCCn3c(=O)ccc4ncc(Cl)cc43)C[C@H]2O)cc2c1OCCO2. The van der Waals surface area contributed by atoms with E-state index in [1.54, 1.807) is 29.0 Å². The minimum absolute atomic E-state index is 0.0473. The van der Waals surface area contributed by atoms with Crippen LogP contribution in [-0.2, 0) is 13.1 Å². The average molecular weight is 510 g/mol. The summed E-state index contributed by atoms with van der Waals surface area (Å²) in [5.41, 5.74) is 2.77. The second-order valence-corrected chi connectivity index (χ2v) is 9.59. The van der Waals surface area contributed by atoms with Gasteiger partial charge in [0.15, 0.2) is 11.5 Å². The molecule has 1 fully saturated rings. The predicted molar refractivity (Wildman–Crippen MR) is 135 cm³/mol. The van der Waals surface area contributed by atoms with Gasteiger partial charge in [0, 0.05) is 37.9 Å². The Labute approximate surface area is 213 Å². The normalized spacial score (nSPS) is 19.8. The molecule has 36 heavy (non-hydrogen) atoms. The number of benzene rings is 1. The first-order valence-corrected chi connectivity index (χ1v) is 12.5. The predicted octanol–water partition coefficient (Wildman–Crippen LogP) is 2.31. The number of nitrogens with zero attached hydrogens (tertiary/aromatic N) is 4. The maximum Gasteiger partial charge on any atom is 0.251 e. The maximum absolute atomic E-state index is 12.4. The number of aliphatic hydroxyl groups excluding tert-OH is 1. The van der Waals surface area contributed by atoms with Crippen LogP contribution < -0.4 is 20.3 Å². The van der Waals surface area contributed by atoms with Crippen LogP contribution in [0.4, 0.5) is 0 Å². The number of fused-ring (bicyclic) bond motifs is 2. The number of aryl methyl sites for hydroxylation is 1. The number of aliphatic hydroxyl groups is 1. The Morgan fingerprint density at radius 2 is 2.08 bits per heavy atom. The van der Waals surface area contributed by atoms with Gasteiger partial charge in [0.25, 0.3) is 5.56 Å². The zero-order valence-electron chi connectivity index (χ0n) is 19.8. The number of piperidine rings is 1. The molecule has 2 aliphatic rings. The number of halogens is 1. The fraction of sp³-hybridized carbons (Fsp3) is 0.423. The van der Waals surface area contributed by atoms with Crippen molar-refractivity contribution in [3.63, 3.8) is 0 Å². The molecule has 5 rings (SSSR count). The van der Waals surface area contributed by atoms with E-state index in [9.17, 15) is 15.2 Å². The van der Waals surface area contributed by atoms with Gasteiger partial charge in [-0.2, -0.15) is 5.26 Å². The molecule has 9 nitrogen and oxygen atoms in total. The van der Waals surface area contributed by atoms with Gasteiger partial charge in [-0.05, 0) is 55.8 Å². The summed E-state index contributed by atoms with van der Waals surface area (Å²) >= 11 is 6.09. The molecular formula is C26H28ClN5O4. The highest BCUT2D eigenvalue weighted by Gasteiger charge is 2.27. The molecule has 0 saturated carbocycles. The van der Waals surface area contributed by atoms with Gasteiger partial charge in [-0.3, -0.25) is 9.78 Å². The van der Waals surface area contributed by atoms with Crippen molar-refractivity contribution >= 4 is 22.6 Å². The molecule has 4 heterocycles. The minimum atomic E-state index is -0.519. The van der Waals surface area contributed by atoms with Crippen molar-refractivity contribution in [3.8, 4) is 17.6 Å². The highest BCUT2D eigenvalue weighted by Crippen LogP contribution is 2.35. The van der Waals surface area contributed by atoms with E-state index in [-0.39, 0.29) is 11.6 Å². The van der Waals surface area contributed by atoms with Gasteiger partial charge in [-0.1, -0.05) is 11.6 Å². The molecule has 0 spiro atoms. The van der Waals surface area contributed by atoms with Gasteiger partial charge in [-0.15, -0.1) is 0 Å². The van der Waals surface area contributed by atoms with Crippen molar-refractivity contribution < 1.29 is 14.6 Å². The molecule has 2 aliphatic heterocycles. The molecule has 1 aromatic carbocycles. The fourth-order valence-electron chi connectivity index (χ4n) is 4.91. The molecular weight excluding hydrogens is 482 g/mol. The summed E-state index contributed by atoms with van der Waals surface area (Å²) in [7, 11) is 0. The van der Waals surface area contributed by atoms with Crippen molar-refractivity contribution in [3.05, 3.63) is 63.0 Å². The summed E-state index contributed by atoms with van der Waals surface area (Å²) in [6.45, 7) is 4.15. The first-order chi connectivity index (χ1) is 17.5. The third-order valence-corrected chi connectivity index (χ3v) is 6.92. The summed E-state index contributed by atoms with van der Waals surface area (Å²) in [5, 5.41) is 24.1. The number of likely N-dealkylation sites (tertiary alicyclic amines) is 1. The van der Waals surface area contributed by atoms with Crippen LogP contribution in [0.2, 0.25) is 5.02 Å². The molecule has 0 unspecified atom stereocenters. The zero-order chi connectivity index (χ0) is 25.1. The quantitative estimate of drug-likeness (QED) is 0.499. The first kappa shape index (κ1) is 24.5. The van der Waals surface area contributed by atoms with E-state index in [0.29, 0.717) is 54.9 Å². The third kappa shape index (κ3) is 5.32. The van der Waals surface area contributed by atoms with Crippen LogP contribution >= 0.6 is 11.6 Å². The number of aromatic nitrogens is 2. The third-order valence-electron chi connectivity index (χ3n) is 6.72. The molecule has 2 aromatic heterocycles. The smallest absolute Gasteiger partial charge is 0.251 e. The van der Waals surface area contributed by atoms with Gasteiger partial charge >= 0.3 is 0 Å². The molecule has 188 valence electrons. The minimum Gasteiger partial charge on any atom is -0.486 e. The number of hydrogen-bond acceptors (Lipinski definition) is 8. The number of pyridine rings is 2. The lowest BCUT2D eigenvalue weighted by atomic mass is 10.0. The summed E-state index contributed by atoms with van der Waals surface area (Å²) in [5.74, 6) is 1.10. The van der Waals surface area contributed by atoms with Crippen LogP contribution in [0.1, 0.15) is 24.0 Å². The number of rotatable bonds is 7. The number of β-amino-alcohol motifs (C(OH)–C–C–N with tert-alkyl or cyclic N) is 1. The Hall–Kier alpha value is -3.16. The first-order valence-electron chi connectivity index (χ1n) is 12.1. The van der Waals surface area contributed by atoms with Crippen molar-refractivity contribution in [2.45, 2.75) is 38.1 Å². The van der Waals surface area contributed by atoms with Crippen LogP contribution in [0, 0.1) is 11.3 Å². The molecule has 10 heteroatoms. The van der Waals surface area contributed by atoms with E-state index < -0.39 is 6.10 Å². The number of nitrogens with one attached hydrogen (secondary N) is 1. The van der Waals surface area contributed by atoms with Crippen LogP contribution in [-0.4, -0.2) is 64.6 Å². The van der Waals surface area contributed by atoms with Gasteiger partial charge in [-0.25, -0.2) is 0 Å². The van der Waals surface area contributed by atoms with Crippen molar-refractivity contribution in [1.82, 2.24) is 19.8 Å². The summed E-state index contributed by atoms with van der Waals surface area (Å²) < 4.78 is 12.9. The van der Waals surface area contributed by atoms with Crippen LogP contribution in [0.25, 0.3) is 11.0 Å². The van der Waals surface area contributed by atoms with Gasteiger partial charge < -0.3 is 29.4 Å². The lowest BCUT2D eigenvalue weighted by molar-refractivity contribution is 0.0390. The van der Waals surface area contributed by atoms with E-state index in [1.807, 2.05) is 6.07 Å². The molecule has 0 amide bonds. The van der Waals surface area contributed by atoms with E-state index in [0.717, 1.165) is 42.5 Å². The second-order valence-electron chi connectivity index (χ2n) is 9.16. The molecule has 0 radical (unpaired) electrons. The molecule has 2 atom stereocenters. The zero-order valence-corrected chi connectivity index (χ0v) is 20.6. The van der Waals surface area contributed by atoms with E-state index in [2.05, 4.69) is 21.3 Å². The average Bonchev–Trinajstić information content (AvgIpc) is 2.89. The number of nitriles is 1. The van der Waals surface area contributed by atoms with Gasteiger partial charge in [0.1, 0.15) is 19.3 Å². The molecule has 2 N–H and O–H groups in total. The van der Waals surface area contributed by atoms with E-state index >= 15 is 0 Å². The van der Waals surface area contributed by atoms with Gasteiger partial charge in [0.2, 0.25) is 0 Å². The highest BCUT2D eigenvalue weighted by molar-refractivity contribution is 6.31. The lowest BCUT2D eigenvalue weighted by Crippen LogP contribution is -2.52. The topological polar surface area (TPSA) is 113 Å². The molecule has 1 saturated heterocycles. The van der Waals surface area contributed by atoms with E-state index in [1.165, 1.54) is 6.07 Å². The Balaban J connectivity index is 1.14. The second kappa shape index (κ2) is 10.8. The molecule has 0 bridgehead atoms. The van der Waals surface area contributed by atoms with E-state index in [4.69, 9.17) is 21.1 Å². The van der Waals surface area contributed by atoms with Crippen molar-refractivity contribution in [2.24, 2.45) is 0 Å². The molecule has 3 aromatic rings. The van der Waals surface area contributed by atoms with Gasteiger partial charge in [0.05, 0.1) is 27.7 Å². The standard InChI is InChI=1S/C26H28ClN5O4/c27-19-12-22-20(30-15-19)2-3-25(34)32(22)6-1-5-31-7-4-21(23(33)16-31)29-14-17-10-18(13-28)26-24(11-17)35-8-9-36-26/h2-3,10-12,15,21,23,29,33H,1,4-9,14,16H2/t21-,23+/m0/s1. The summed E-state index contributed by atoms with van der Waals surface area (Å²) in [6, 6.07) is 10.8. The Morgan fingerprint density at radius 1 is 1.22 bits per heavy atom. The fourth-order valence-corrected chi connectivity index (χ4v) is 5.06. The Kier molecular flexibility index (Phi) is 7.39. The summed E-state index contributed by atoms with van der Waals surface area (Å²) in [6.07, 6.45) is 2.62.